The molecule has 1 aromatic carbocycles. The third kappa shape index (κ3) is 4.08. The standard InChI is InChI=1S/C15H19ClN2O2S/c1-3-7-18-8-6-13(15(18)19)17-14-9-11(10-21(2)20)4-5-12(14)16/h3-5,9,13,17H,1,6-8,10H2,2H3/t13-,21-/m0/s1. The molecule has 114 valence electrons. The summed E-state index contributed by atoms with van der Waals surface area (Å²) in [7, 11) is -0.908. The summed E-state index contributed by atoms with van der Waals surface area (Å²) in [6.07, 6.45) is 4.13. The molecule has 1 heterocycles. The minimum Gasteiger partial charge on any atom is -0.372 e. The van der Waals surface area contributed by atoms with Crippen LogP contribution < -0.4 is 5.32 Å². The van der Waals surface area contributed by atoms with Crippen LogP contribution in [-0.4, -0.2) is 40.4 Å². The van der Waals surface area contributed by atoms with Gasteiger partial charge in [-0.15, -0.1) is 6.58 Å². The molecular formula is C15H19ClN2O2S. The highest BCUT2D eigenvalue weighted by Gasteiger charge is 2.30. The van der Waals surface area contributed by atoms with E-state index in [-0.39, 0.29) is 11.9 Å². The lowest BCUT2D eigenvalue weighted by Gasteiger charge is -2.17. The Kier molecular flexibility index (Phi) is 5.42. The molecule has 2 atom stereocenters. The van der Waals surface area contributed by atoms with Crippen LogP contribution in [-0.2, 0) is 21.3 Å². The summed E-state index contributed by atoms with van der Waals surface area (Å²) >= 11 is 6.18. The third-order valence-corrected chi connectivity index (χ3v) is 4.45. The van der Waals surface area contributed by atoms with Gasteiger partial charge in [0.15, 0.2) is 0 Å². The first-order chi connectivity index (χ1) is 10.0. The van der Waals surface area contributed by atoms with E-state index in [0.717, 1.165) is 24.2 Å². The van der Waals surface area contributed by atoms with Crippen LogP contribution in [0.15, 0.2) is 30.9 Å². The number of amides is 1. The van der Waals surface area contributed by atoms with Crippen molar-refractivity contribution in [1.29, 1.82) is 0 Å². The van der Waals surface area contributed by atoms with Crippen LogP contribution in [0.4, 0.5) is 5.69 Å². The Morgan fingerprint density at radius 3 is 3.00 bits per heavy atom. The second-order valence-electron chi connectivity index (χ2n) is 5.09. The Labute approximate surface area is 132 Å². The van der Waals surface area contributed by atoms with Gasteiger partial charge in [-0.3, -0.25) is 9.00 Å². The molecule has 0 bridgehead atoms. The van der Waals surface area contributed by atoms with Crippen molar-refractivity contribution in [2.45, 2.75) is 18.2 Å². The lowest BCUT2D eigenvalue weighted by molar-refractivity contribution is -0.127. The molecule has 1 aliphatic heterocycles. The number of carbonyl (C=O) groups excluding carboxylic acids is 1. The molecule has 1 saturated heterocycles. The Hall–Kier alpha value is -1.33. The molecule has 0 saturated carbocycles. The number of carbonyl (C=O) groups is 1. The third-order valence-electron chi connectivity index (χ3n) is 3.38. The average molecular weight is 327 g/mol. The molecule has 0 unspecified atom stereocenters. The zero-order valence-electron chi connectivity index (χ0n) is 12.0. The highest BCUT2D eigenvalue weighted by Crippen LogP contribution is 2.26. The predicted octanol–water partition coefficient (Wildman–Crippen LogP) is 2.42. The maximum atomic E-state index is 12.2. The highest BCUT2D eigenvalue weighted by atomic mass is 35.5. The molecule has 1 aliphatic rings. The summed E-state index contributed by atoms with van der Waals surface area (Å²) < 4.78 is 11.3. The van der Waals surface area contributed by atoms with Crippen molar-refractivity contribution < 1.29 is 9.00 Å². The number of benzene rings is 1. The van der Waals surface area contributed by atoms with E-state index in [1.165, 1.54) is 0 Å². The highest BCUT2D eigenvalue weighted by molar-refractivity contribution is 7.83. The topological polar surface area (TPSA) is 49.4 Å². The number of hydrogen-bond donors (Lipinski definition) is 1. The summed E-state index contributed by atoms with van der Waals surface area (Å²) in [6, 6.07) is 5.24. The Morgan fingerprint density at radius 2 is 2.33 bits per heavy atom. The van der Waals surface area contributed by atoms with Crippen molar-refractivity contribution in [2.24, 2.45) is 0 Å². The summed E-state index contributed by atoms with van der Waals surface area (Å²) in [5.74, 6) is 0.544. The fraction of sp³-hybridized carbons (Fsp3) is 0.400. The van der Waals surface area contributed by atoms with E-state index in [1.807, 2.05) is 12.1 Å². The molecule has 6 heteroatoms. The van der Waals surface area contributed by atoms with Crippen molar-refractivity contribution in [1.82, 2.24) is 4.90 Å². The van der Waals surface area contributed by atoms with Crippen molar-refractivity contribution in [2.75, 3.05) is 24.7 Å². The van der Waals surface area contributed by atoms with Gasteiger partial charge in [-0.25, -0.2) is 0 Å². The second-order valence-corrected chi connectivity index (χ2v) is 6.93. The van der Waals surface area contributed by atoms with Gasteiger partial charge in [-0.1, -0.05) is 23.7 Å². The Morgan fingerprint density at radius 1 is 1.57 bits per heavy atom. The maximum Gasteiger partial charge on any atom is 0.245 e. The van der Waals surface area contributed by atoms with E-state index in [9.17, 15) is 9.00 Å². The summed E-state index contributed by atoms with van der Waals surface area (Å²) in [5.41, 5.74) is 1.66. The van der Waals surface area contributed by atoms with Gasteiger partial charge < -0.3 is 10.2 Å². The molecule has 0 spiro atoms. The normalized spacial score (nSPS) is 19.6. The number of nitrogens with zero attached hydrogens (tertiary/aromatic N) is 1. The fourth-order valence-electron chi connectivity index (χ4n) is 2.41. The molecule has 0 radical (unpaired) electrons. The van der Waals surface area contributed by atoms with E-state index in [1.54, 1.807) is 23.3 Å². The molecular weight excluding hydrogens is 308 g/mol. The SMILES string of the molecule is C=CCN1CC[C@H](Nc2cc(C[S@](C)=O)ccc2Cl)C1=O. The van der Waals surface area contributed by atoms with E-state index in [0.29, 0.717) is 17.3 Å². The van der Waals surface area contributed by atoms with Crippen molar-refractivity contribution in [3.8, 4) is 0 Å². The van der Waals surface area contributed by atoms with Crippen LogP contribution in [0.2, 0.25) is 5.02 Å². The monoisotopic (exact) mass is 326 g/mol. The van der Waals surface area contributed by atoms with Crippen LogP contribution in [0.25, 0.3) is 0 Å². The zero-order valence-corrected chi connectivity index (χ0v) is 13.5. The first-order valence-corrected chi connectivity index (χ1v) is 8.86. The van der Waals surface area contributed by atoms with Crippen molar-refractivity contribution in [3.05, 3.63) is 41.4 Å². The lowest BCUT2D eigenvalue weighted by atomic mass is 10.2. The fourth-order valence-corrected chi connectivity index (χ4v) is 3.23. The summed E-state index contributed by atoms with van der Waals surface area (Å²) in [5, 5.41) is 3.77. The molecule has 0 aliphatic carbocycles. The van der Waals surface area contributed by atoms with E-state index >= 15 is 0 Å². The van der Waals surface area contributed by atoms with Gasteiger partial charge in [0, 0.05) is 35.9 Å². The Balaban J connectivity index is 2.10. The Bertz CT molecular complexity index is 577. The zero-order chi connectivity index (χ0) is 15.4. The van der Waals surface area contributed by atoms with Gasteiger partial charge in [0.2, 0.25) is 5.91 Å². The molecule has 1 fully saturated rings. The number of rotatable bonds is 6. The van der Waals surface area contributed by atoms with Gasteiger partial charge in [0.05, 0.1) is 10.7 Å². The van der Waals surface area contributed by atoms with Gasteiger partial charge in [-0.05, 0) is 24.1 Å². The number of likely N-dealkylation sites (tertiary alicyclic amines) is 1. The van der Waals surface area contributed by atoms with E-state index < -0.39 is 10.8 Å². The molecule has 4 nitrogen and oxygen atoms in total. The maximum absolute atomic E-state index is 12.2. The van der Waals surface area contributed by atoms with Crippen molar-refractivity contribution >= 4 is 34.0 Å². The molecule has 1 aromatic rings. The van der Waals surface area contributed by atoms with Gasteiger partial charge in [0.1, 0.15) is 6.04 Å². The summed E-state index contributed by atoms with van der Waals surface area (Å²) in [6.45, 7) is 4.95. The van der Waals surface area contributed by atoms with Crippen molar-refractivity contribution in [3.63, 3.8) is 0 Å². The van der Waals surface area contributed by atoms with Crippen LogP contribution in [0, 0.1) is 0 Å². The second kappa shape index (κ2) is 7.09. The van der Waals surface area contributed by atoms with E-state index in [4.69, 9.17) is 11.6 Å². The smallest absolute Gasteiger partial charge is 0.245 e. The quantitative estimate of drug-likeness (QED) is 0.817. The molecule has 1 N–H and O–H groups in total. The van der Waals surface area contributed by atoms with Gasteiger partial charge in [-0.2, -0.15) is 0 Å². The number of anilines is 1. The van der Waals surface area contributed by atoms with Crippen LogP contribution in [0.5, 0.6) is 0 Å². The first kappa shape index (κ1) is 16.0. The van der Waals surface area contributed by atoms with Gasteiger partial charge in [0.25, 0.3) is 0 Å². The number of halogens is 1. The number of hydrogen-bond acceptors (Lipinski definition) is 3. The molecule has 2 rings (SSSR count). The first-order valence-electron chi connectivity index (χ1n) is 6.76. The van der Waals surface area contributed by atoms with Crippen LogP contribution in [0.3, 0.4) is 0 Å². The lowest BCUT2D eigenvalue weighted by Crippen LogP contribution is -2.33. The molecule has 0 aromatic heterocycles. The molecule has 21 heavy (non-hydrogen) atoms. The van der Waals surface area contributed by atoms with Crippen LogP contribution in [0.1, 0.15) is 12.0 Å². The van der Waals surface area contributed by atoms with Crippen LogP contribution >= 0.6 is 11.6 Å². The minimum absolute atomic E-state index is 0.0652. The average Bonchev–Trinajstić information content (AvgIpc) is 2.75. The largest absolute Gasteiger partial charge is 0.372 e. The summed E-state index contributed by atoms with van der Waals surface area (Å²) in [4.78, 5) is 14.0. The van der Waals surface area contributed by atoms with E-state index in [2.05, 4.69) is 11.9 Å². The van der Waals surface area contributed by atoms with Gasteiger partial charge >= 0.3 is 0 Å². The molecule has 1 amide bonds. The number of nitrogens with one attached hydrogen (secondary N) is 1. The minimum atomic E-state index is -0.908. The predicted molar refractivity (Wildman–Crippen MR) is 88.0 cm³/mol.